The lowest BCUT2D eigenvalue weighted by atomic mass is 10.1. The predicted molar refractivity (Wildman–Crippen MR) is 88.0 cm³/mol. The number of nitrogens with one attached hydrogen (secondary N) is 1. The number of benzene rings is 2. The molecule has 0 saturated carbocycles. The molecule has 2 aromatic carbocycles. The van der Waals surface area contributed by atoms with Crippen molar-refractivity contribution in [3.05, 3.63) is 63.1 Å². The summed E-state index contributed by atoms with van der Waals surface area (Å²) in [4.78, 5) is 12.2. The van der Waals surface area contributed by atoms with E-state index < -0.39 is 0 Å². The van der Waals surface area contributed by atoms with Gasteiger partial charge in [-0.25, -0.2) is 0 Å². The van der Waals surface area contributed by atoms with Gasteiger partial charge in [0.25, 0.3) is 5.91 Å². The number of methoxy groups -OCH3 is 1. The highest BCUT2D eigenvalue weighted by Crippen LogP contribution is 2.28. The minimum Gasteiger partial charge on any atom is -0.496 e. The molecule has 2 rings (SSSR count). The summed E-state index contributed by atoms with van der Waals surface area (Å²) < 4.78 is 6.05. The van der Waals surface area contributed by atoms with Gasteiger partial charge in [-0.2, -0.15) is 0 Å². The summed E-state index contributed by atoms with van der Waals surface area (Å²) in [7, 11) is 1.62. The Morgan fingerprint density at radius 2 is 1.90 bits per heavy atom. The van der Waals surface area contributed by atoms with Crippen LogP contribution in [0.25, 0.3) is 0 Å². The summed E-state index contributed by atoms with van der Waals surface area (Å²) in [5.74, 6) is 0.626. The van der Waals surface area contributed by atoms with Crippen molar-refractivity contribution < 1.29 is 9.53 Å². The lowest BCUT2D eigenvalue weighted by Crippen LogP contribution is -2.26. The fourth-order valence-corrected chi connectivity index (χ4v) is 2.60. The van der Waals surface area contributed by atoms with Crippen molar-refractivity contribution in [2.45, 2.75) is 13.0 Å². The van der Waals surface area contributed by atoms with Gasteiger partial charge in [0.15, 0.2) is 0 Å². The average Bonchev–Trinajstić information content (AvgIpc) is 2.47. The number of ether oxygens (including phenoxy) is 1. The van der Waals surface area contributed by atoms with E-state index in [1.807, 2.05) is 25.1 Å². The first-order valence-corrected chi connectivity index (χ1v) is 7.58. The van der Waals surface area contributed by atoms with Gasteiger partial charge in [-0.3, -0.25) is 4.79 Å². The Hall–Kier alpha value is -1.52. The van der Waals surface area contributed by atoms with Crippen LogP contribution in [0.5, 0.6) is 5.75 Å². The van der Waals surface area contributed by atoms with Gasteiger partial charge in [0.2, 0.25) is 0 Å². The fraction of sp³-hybridized carbons (Fsp3) is 0.188. The molecule has 0 aliphatic rings. The van der Waals surface area contributed by atoms with Gasteiger partial charge in [0.1, 0.15) is 5.75 Å². The van der Waals surface area contributed by atoms with Crippen LogP contribution in [0.1, 0.15) is 28.9 Å². The van der Waals surface area contributed by atoms with E-state index in [0.29, 0.717) is 10.6 Å². The largest absolute Gasteiger partial charge is 0.496 e. The molecule has 3 nitrogen and oxygen atoms in total. The van der Waals surface area contributed by atoms with Crippen molar-refractivity contribution in [2.24, 2.45) is 0 Å². The van der Waals surface area contributed by atoms with Gasteiger partial charge in [-0.05, 0) is 64.8 Å². The quantitative estimate of drug-likeness (QED) is 0.856. The van der Waals surface area contributed by atoms with Crippen LogP contribution in [-0.4, -0.2) is 13.0 Å². The lowest BCUT2D eigenvalue weighted by Gasteiger charge is -2.15. The van der Waals surface area contributed by atoms with E-state index in [-0.39, 0.29) is 11.9 Å². The molecule has 0 aromatic heterocycles. The lowest BCUT2D eigenvalue weighted by molar-refractivity contribution is 0.0940. The number of amides is 1. The van der Waals surface area contributed by atoms with E-state index in [1.165, 1.54) is 0 Å². The molecule has 0 radical (unpaired) electrons. The molecular formula is C16H15BrClNO2. The van der Waals surface area contributed by atoms with Crippen molar-refractivity contribution >= 4 is 33.4 Å². The third-order valence-corrected chi connectivity index (χ3v) is 4.00. The van der Waals surface area contributed by atoms with E-state index in [9.17, 15) is 4.79 Å². The van der Waals surface area contributed by atoms with E-state index in [4.69, 9.17) is 16.3 Å². The average molecular weight is 369 g/mol. The van der Waals surface area contributed by atoms with Gasteiger partial charge >= 0.3 is 0 Å². The molecule has 0 bridgehead atoms. The molecule has 0 spiro atoms. The SMILES string of the molecule is COc1ccc([C@@H](C)NC(=O)c2ccc(Cl)cc2)cc1Br. The maximum atomic E-state index is 12.2. The number of carbonyl (C=O) groups is 1. The minimum atomic E-state index is -0.133. The highest BCUT2D eigenvalue weighted by molar-refractivity contribution is 9.10. The number of hydrogen-bond donors (Lipinski definition) is 1. The summed E-state index contributed by atoms with van der Waals surface area (Å²) in [6.07, 6.45) is 0. The molecule has 1 N–H and O–H groups in total. The van der Waals surface area contributed by atoms with Crippen LogP contribution in [0.3, 0.4) is 0 Å². The Morgan fingerprint density at radius 3 is 2.48 bits per heavy atom. The second-order valence-corrected chi connectivity index (χ2v) is 5.89. The van der Waals surface area contributed by atoms with Crippen LogP contribution in [0.4, 0.5) is 0 Å². The number of carbonyl (C=O) groups excluding carboxylic acids is 1. The zero-order valence-corrected chi connectivity index (χ0v) is 14.0. The third-order valence-electron chi connectivity index (χ3n) is 3.13. The maximum Gasteiger partial charge on any atom is 0.251 e. The van der Waals surface area contributed by atoms with Gasteiger partial charge < -0.3 is 10.1 Å². The Labute approximate surface area is 137 Å². The molecule has 1 amide bonds. The molecule has 0 heterocycles. The fourth-order valence-electron chi connectivity index (χ4n) is 1.92. The molecule has 0 fully saturated rings. The van der Waals surface area contributed by atoms with Gasteiger partial charge in [0, 0.05) is 10.6 Å². The zero-order chi connectivity index (χ0) is 15.4. The van der Waals surface area contributed by atoms with Gasteiger partial charge in [-0.1, -0.05) is 17.7 Å². The molecule has 21 heavy (non-hydrogen) atoms. The van der Waals surface area contributed by atoms with Crippen LogP contribution in [0.15, 0.2) is 46.9 Å². The highest BCUT2D eigenvalue weighted by atomic mass is 79.9. The first-order valence-electron chi connectivity index (χ1n) is 6.41. The second-order valence-electron chi connectivity index (χ2n) is 4.60. The molecule has 5 heteroatoms. The Balaban J connectivity index is 2.10. The van der Waals surface area contributed by atoms with Crippen molar-refractivity contribution in [3.8, 4) is 5.75 Å². The first-order chi connectivity index (χ1) is 10.0. The van der Waals surface area contributed by atoms with Crippen molar-refractivity contribution in [1.29, 1.82) is 0 Å². The van der Waals surface area contributed by atoms with Crippen LogP contribution < -0.4 is 10.1 Å². The summed E-state index contributed by atoms with van der Waals surface area (Å²) >= 11 is 9.26. The highest BCUT2D eigenvalue weighted by Gasteiger charge is 2.12. The topological polar surface area (TPSA) is 38.3 Å². The monoisotopic (exact) mass is 367 g/mol. The smallest absolute Gasteiger partial charge is 0.251 e. The van der Waals surface area contributed by atoms with Crippen LogP contribution in [0, 0.1) is 0 Å². The van der Waals surface area contributed by atoms with E-state index >= 15 is 0 Å². The summed E-state index contributed by atoms with van der Waals surface area (Å²) in [5.41, 5.74) is 1.57. The summed E-state index contributed by atoms with van der Waals surface area (Å²) in [6.45, 7) is 1.93. The van der Waals surface area contributed by atoms with Crippen LogP contribution >= 0.6 is 27.5 Å². The second kappa shape index (κ2) is 6.96. The normalized spacial score (nSPS) is 11.8. The minimum absolute atomic E-state index is 0.115. The third kappa shape index (κ3) is 3.99. The molecule has 0 aliphatic heterocycles. The predicted octanol–water partition coefficient (Wildman–Crippen LogP) is 4.60. The van der Waals surface area contributed by atoms with Gasteiger partial charge in [-0.15, -0.1) is 0 Å². The van der Waals surface area contributed by atoms with Crippen molar-refractivity contribution in [3.63, 3.8) is 0 Å². The number of halogens is 2. The first kappa shape index (κ1) is 15.9. The van der Waals surface area contributed by atoms with Crippen LogP contribution in [-0.2, 0) is 0 Å². The zero-order valence-electron chi connectivity index (χ0n) is 11.7. The Kier molecular flexibility index (Phi) is 5.26. The van der Waals surface area contributed by atoms with Crippen molar-refractivity contribution in [2.75, 3.05) is 7.11 Å². The summed E-state index contributed by atoms with van der Waals surface area (Å²) in [6, 6.07) is 12.4. The molecule has 2 aromatic rings. The standard InChI is InChI=1S/C16H15BrClNO2/c1-10(12-5-8-15(21-2)14(17)9-12)19-16(20)11-3-6-13(18)7-4-11/h3-10H,1-2H3,(H,19,20)/t10-/m1/s1. The Morgan fingerprint density at radius 1 is 1.24 bits per heavy atom. The number of rotatable bonds is 4. The summed E-state index contributed by atoms with van der Waals surface area (Å²) in [5, 5.41) is 3.56. The van der Waals surface area contributed by atoms with Gasteiger partial charge in [0.05, 0.1) is 17.6 Å². The van der Waals surface area contributed by atoms with Crippen LogP contribution in [0.2, 0.25) is 5.02 Å². The molecule has 0 aliphatic carbocycles. The van der Waals surface area contributed by atoms with E-state index in [2.05, 4.69) is 21.2 Å². The Bertz CT molecular complexity index is 643. The maximum absolute atomic E-state index is 12.2. The molecule has 0 unspecified atom stereocenters. The van der Waals surface area contributed by atoms with Crippen molar-refractivity contribution in [1.82, 2.24) is 5.32 Å². The van der Waals surface area contributed by atoms with E-state index in [1.54, 1.807) is 31.4 Å². The molecule has 0 saturated heterocycles. The molecule has 1 atom stereocenters. The van der Waals surface area contributed by atoms with E-state index in [0.717, 1.165) is 15.8 Å². The molecule has 110 valence electrons. The molecular weight excluding hydrogens is 354 g/mol. The number of hydrogen-bond acceptors (Lipinski definition) is 2.